The number of carbonyl (C=O) groups is 1. The van der Waals surface area contributed by atoms with E-state index in [2.05, 4.69) is 28.5 Å². The average Bonchev–Trinajstić information content (AvgIpc) is 3.13. The van der Waals surface area contributed by atoms with Crippen molar-refractivity contribution in [1.82, 2.24) is 14.9 Å². The van der Waals surface area contributed by atoms with E-state index in [4.69, 9.17) is 0 Å². The van der Waals surface area contributed by atoms with Gasteiger partial charge in [0.1, 0.15) is 11.4 Å². The number of aromatic nitrogens is 2. The predicted octanol–water partition coefficient (Wildman–Crippen LogP) is 3.78. The van der Waals surface area contributed by atoms with Crippen molar-refractivity contribution in [3.63, 3.8) is 0 Å². The number of hydrogen-bond donors (Lipinski definition) is 1. The lowest BCUT2D eigenvalue weighted by atomic mass is 9.89. The van der Waals surface area contributed by atoms with Gasteiger partial charge >= 0.3 is 0 Å². The highest BCUT2D eigenvalue weighted by Crippen LogP contribution is 2.33. The van der Waals surface area contributed by atoms with Gasteiger partial charge in [0.05, 0.1) is 11.7 Å². The van der Waals surface area contributed by atoms with Crippen molar-refractivity contribution < 1.29 is 4.79 Å². The van der Waals surface area contributed by atoms with Crippen molar-refractivity contribution in [2.24, 2.45) is 5.92 Å². The van der Waals surface area contributed by atoms with E-state index in [0.717, 1.165) is 28.8 Å². The molecule has 5 nitrogen and oxygen atoms in total. The summed E-state index contributed by atoms with van der Waals surface area (Å²) in [4.78, 5) is 30.4. The number of aryl methyl sites for hydroxylation is 2. The number of carbonyl (C=O) groups excluding carboxylic acids is 1. The molecule has 0 aliphatic heterocycles. The van der Waals surface area contributed by atoms with Crippen LogP contribution in [0.2, 0.25) is 0 Å². The molecule has 1 N–H and O–H groups in total. The molecule has 0 spiro atoms. The fourth-order valence-corrected chi connectivity index (χ4v) is 4.63. The van der Waals surface area contributed by atoms with Gasteiger partial charge in [-0.25, -0.2) is 4.98 Å². The first kappa shape index (κ1) is 18.9. The van der Waals surface area contributed by atoms with Crippen molar-refractivity contribution in [3.05, 3.63) is 51.4 Å². The number of nitrogens with zero attached hydrogens (tertiary/aromatic N) is 2. The van der Waals surface area contributed by atoms with Crippen molar-refractivity contribution in [3.8, 4) is 11.1 Å². The molecule has 0 radical (unpaired) electrons. The summed E-state index contributed by atoms with van der Waals surface area (Å²) in [6.45, 7) is 4.67. The molecule has 1 aromatic carbocycles. The zero-order valence-electron chi connectivity index (χ0n) is 16.3. The van der Waals surface area contributed by atoms with Crippen molar-refractivity contribution >= 4 is 27.5 Å². The number of hydrogen-bond acceptors (Lipinski definition) is 4. The SMILES string of the molecule is CC(C)CNC(=O)Cn1cnc2scc(-c3ccc4c(c3)CCCC4)c2c1=O. The fourth-order valence-electron chi connectivity index (χ4n) is 3.72. The molecule has 2 aromatic heterocycles. The maximum absolute atomic E-state index is 13.1. The van der Waals surface area contributed by atoms with Gasteiger partial charge in [0.2, 0.25) is 5.91 Å². The Morgan fingerprint density at radius 3 is 2.82 bits per heavy atom. The van der Waals surface area contributed by atoms with Crippen LogP contribution in [0.4, 0.5) is 0 Å². The van der Waals surface area contributed by atoms with Gasteiger partial charge in [0, 0.05) is 17.5 Å². The summed E-state index contributed by atoms with van der Waals surface area (Å²) in [5.41, 5.74) is 4.64. The Morgan fingerprint density at radius 2 is 2.04 bits per heavy atom. The van der Waals surface area contributed by atoms with Gasteiger partial charge in [-0.05, 0) is 48.3 Å². The van der Waals surface area contributed by atoms with Crippen LogP contribution in [-0.2, 0) is 24.2 Å². The predicted molar refractivity (Wildman–Crippen MR) is 114 cm³/mol. The van der Waals surface area contributed by atoms with Crippen LogP contribution in [0.3, 0.4) is 0 Å². The van der Waals surface area contributed by atoms with Crippen LogP contribution in [0, 0.1) is 5.92 Å². The second-order valence-corrected chi connectivity index (χ2v) is 8.75. The van der Waals surface area contributed by atoms with Gasteiger partial charge in [-0.2, -0.15) is 0 Å². The highest BCUT2D eigenvalue weighted by atomic mass is 32.1. The third kappa shape index (κ3) is 3.74. The lowest BCUT2D eigenvalue weighted by Gasteiger charge is -2.16. The van der Waals surface area contributed by atoms with Crippen molar-refractivity contribution in [1.29, 1.82) is 0 Å². The van der Waals surface area contributed by atoms with E-state index in [9.17, 15) is 9.59 Å². The number of thiophene rings is 1. The molecule has 1 aliphatic rings. The van der Waals surface area contributed by atoms with E-state index in [1.54, 1.807) is 0 Å². The van der Waals surface area contributed by atoms with E-state index in [1.807, 2.05) is 19.2 Å². The number of benzene rings is 1. The Balaban J connectivity index is 1.69. The second kappa shape index (κ2) is 7.87. The van der Waals surface area contributed by atoms with Gasteiger partial charge in [0.25, 0.3) is 5.56 Å². The quantitative estimate of drug-likeness (QED) is 0.715. The van der Waals surface area contributed by atoms with Crippen LogP contribution in [0.1, 0.15) is 37.8 Å². The van der Waals surface area contributed by atoms with E-state index in [1.165, 1.54) is 46.2 Å². The van der Waals surface area contributed by atoms with Gasteiger partial charge in [-0.1, -0.05) is 32.0 Å². The lowest BCUT2D eigenvalue weighted by Crippen LogP contribution is -2.34. The molecular formula is C22H25N3O2S. The van der Waals surface area contributed by atoms with Gasteiger partial charge < -0.3 is 5.32 Å². The Bertz CT molecular complexity index is 1080. The molecule has 2 heterocycles. The van der Waals surface area contributed by atoms with Crippen LogP contribution in [0.15, 0.2) is 34.7 Å². The Kier molecular flexibility index (Phi) is 5.31. The first-order valence-electron chi connectivity index (χ1n) is 9.88. The molecule has 3 aromatic rings. The van der Waals surface area contributed by atoms with Gasteiger partial charge in [0.15, 0.2) is 0 Å². The summed E-state index contributed by atoms with van der Waals surface area (Å²) in [5.74, 6) is 0.205. The molecule has 1 amide bonds. The Labute approximate surface area is 168 Å². The molecule has 0 saturated heterocycles. The van der Waals surface area contributed by atoms with Crippen LogP contribution in [0.25, 0.3) is 21.3 Å². The zero-order chi connectivity index (χ0) is 19.7. The maximum Gasteiger partial charge on any atom is 0.263 e. The number of fused-ring (bicyclic) bond motifs is 2. The summed E-state index contributed by atoms with van der Waals surface area (Å²) in [7, 11) is 0. The average molecular weight is 396 g/mol. The smallest absolute Gasteiger partial charge is 0.263 e. The molecule has 0 fully saturated rings. The summed E-state index contributed by atoms with van der Waals surface area (Å²) in [5, 5.41) is 5.47. The van der Waals surface area contributed by atoms with E-state index in [0.29, 0.717) is 17.8 Å². The molecule has 6 heteroatoms. The minimum absolute atomic E-state index is 0.00598. The normalized spacial score (nSPS) is 13.7. The molecule has 0 atom stereocenters. The zero-order valence-corrected chi connectivity index (χ0v) is 17.1. The number of amides is 1. The molecule has 28 heavy (non-hydrogen) atoms. The standard InChI is InChI=1S/C22H25N3O2S/c1-14(2)10-23-19(26)11-25-13-24-21-20(22(25)27)18(12-28-21)17-8-7-15-5-3-4-6-16(15)9-17/h7-9,12-14H,3-6,10-11H2,1-2H3,(H,23,26). The maximum atomic E-state index is 13.1. The largest absolute Gasteiger partial charge is 0.354 e. The molecule has 0 bridgehead atoms. The van der Waals surface area contributed by atoms with Crippen LogP contribution in [0.5, 0.6) is 0 Å². The third-order valence-electron chi connectivity index (χ3n) is 5.24. The van der Waals surface area contributed by atoms with Crippen LogP contribution < -0.4 is 10.9 Å². The molecule has 4 rings (SSSR count). The minimum Gasteiger partial charge on any atom is -0.354 e. The highest BCUT2D eigenvalue weighted by Gasteiger charge is 2.17. The minimum atomic E-state index is -0.164. The lowest BCUT2D eigenvalue weighted by molar-refractivity contribution is -0.121. The molecule has 0 unspecified atom stereocenters. The molecule has 0 saturated carbocycles. The molecular weight excluding hydrogens is 370 g/mol. The van der Waals surface area contributed by atoms with E-state index >= 15 is 0 Å². The molecule has 1 aliphatic carbocycles. The van der Waals surface area contributed by atoms with Crippen molar-refractivity contribution in [2.75, 3.05) is 6.54 Å². The van der Waals surface area contributed by atoms with Gasteiger partial charge in [-0.3, -0.25) is 14.2 Å². The number of nitrogens with one attached hydrogen (secondary N) is 1. The first-order chi connectivity index (χ1) is 13.5. The summed E-state index contributed by atoms with van der Waals surface area (Å²) in [6.07, 6.45) is 6.19. The third-order valence-corrected chi connectivity index (χ3v) is 6.13. The Morgan fingerprint density at radius 1 is 1.25 bits per heavy atom. The fraction of sp³-hybridized carbons (Fsp3) is 0.409. The van der Waals surface area contributed by atoms with Crippen LogP contribution >= 0.6 is 11.3 Å². The summed E-state index contributed by atoms with van der Waals surface area (Å²) < 4.78 is 1.41. The van der Waals surface area contributed by atoms with Gasteiger partial charge in [-0.15, -0.1) is 11.3 Å². The Hall–Kier alpha value is -2.47. The highest BCUT2D eigenvalue weighted by molar-refractivity contribution is 7.17. The van der Waals surface area contributed by atoms with Crippen LogP contribution in [-0.4, -0.2) is 22.0 Å². The first-order valence-corrected chi connectivity index (χ1v) is 10.8. The number of rotatable bonds is 5. The monoisotopic (exact) mass is 395 g/mol. The van der Waals surface area contributed by atoms with E-state index < -0.39 is 0 Å². The topological polar surface area (TPSA) is 64.0 Å². The summed E-state index contributed by atoms with van der Waals surface area (Å²) in [6, 6.07) is 6.53. The molecule has 146 valence electrons. The van der Waals surface area contributed by atoms with Crippen molar-refractivity contribution in [2.45, 2.75) is 46.1 Å². The van der Waals surface area contributed by atoms with E-state index in [-0.39, 0.29) is 18.0 Å². The summed E-state index contributed by atoms with van der Waals surface area (Å²) >= 11 is 1.48. The second-order valence-electron chi connectivity index (χ2n) is 7.90.